The normalized spacial score (nSPS) is 11.7. The Kier molecular flexibility index (Phi) is 5.47. The molecule has 5 rings (SSSR count). The lowest BCUT2D eigenvalue weighted by Gasteiger charge is -2.10. The van der Waals surface area contributed by atoms with E-state index < -0.39 is 17.6 Å². The molecule has 0 N–H and O–H groups in total. The van der Waals surface area contributed by atoms with E-state index in [1.807, 2.05) is 32.0 Å². The predicted octanol–water partition coefficient (Wildman–Crippen LogP) is 7.03. The quantitative estimate of drug-likeness (QED) is 0.260. The smallest absolute Gasteiger partial charge is 0.417 e. The summed E-state index contributed by atoms with van der Waals surface area (Å²) in [5.41, 5.74) is 3.19. The maximum atomic E-state index is 13.5. The third-order valence-electron chi connectivity index (χ3n) is 5.51. The first-order valence-electron chi connectivity index (χ1n) is 10.6. The molecule has 2 aromatic carbocycles. The fourth-order valence-corrected chi connectivity index (χ4v) is 3.72. The van der Waals surface area contributed by atoms with Crippen LogP contribution in [-0.4, -0.2) is 19.6 Å². The molecule has 0 aliphatic heterocycles. The third kappa shape index (κ3) is 4.44. The lowest BCUT2D eigenvalue weighted by atomic mass is 10.0. The van der Waals surface area contributed by atoms with Gasteiger partial charge in [0, 0.05) is 18.0 Å². The van der Waals surface area contributed by atoms with Crippen molar-refractivity contribution in [2.24, 2.45) is 0 Å². The van der Waals surface area contributed by atoms with Gasteiger partial charge in [-0.1, -0.05) is 12.1 Å². The average Bonchev–Trinajstić information content (AvgIpc) is 3.20. The number of benzene rings is 2. The lowest BCUT2D eigenvalue weighted by Crippen LogP contribution is -2.06. The maximum absolute atomic E-state index is 13.5. The van der Waals surface area contributed by atoms with Crippen LogP contribution < -0.4 is 4.74 Å². The molecular weight excluding hydrogens is 460 g/mol. The van der Waals surface area contributed by atoms with Crippen molar-refractivity contribution in [3.8, 4) is 34.3 Å². The summed E-state index contributed by atoms with van der Waals surface area (Å²) in [5.74, 6) is 0.153. The van der Waals surface area contributed by atoms with E-state index in [2.05, 4.69) is 15.1 Å². The Bertz CT molecular complexity index is 1540. The number of aryl methyl sites for hydroxylation is 2. The van der Waals surface area contributed by atoms with E-state index in [-0.39, 0.29) is 6.01 Å². The molecule has 0 atom stereocenters. The molecule has 0 fully saturated rings. The van der Waals surface area contributed by atoms with Crippen LogP contribution in [0.5, 0.6) is 11.8 Å². The van der Waals surface area contributed by atoms with E-state index in [1.54, 1.807) is 6.07 Å². The summed E-state index contributed by atoms with van der Waals surface area (Å²) >= 11 is 0. The minimum absolute atomic E-state index is 0.0764. The van der Waals surface area contributed by atoms with Crippen molar-refractivity contribution in [1.82, 2.24) is 19.6 Å². The first-order chi connectivity index (χ1) is 16.7. The van der Waals surface area contributed by atoms with Crippen molar-refractivity contribution in [3.05, 3.63) is 95.6 Å². The van der Waals surface area contributed by atoms with E-state index in [0.717, 1.165) is 27.9 Å². The van der Waals surface area contributed by atoms with E-state index in [4.69, 9.17) is 4.74 Å². The summed E-state index contributed by atoms with van der Waals surface area (Å²) in [6.07, 6.45) is -2.11. The molecule has 0 saturated carbocycles. The molecule has 0 unspecified atom stereocenters. The number of rotatable bonds is 4. The summed E-state index contributed by atoms with van der Waals surface area (Å²) in [6.45, 7) is 3.83. The number of pyridine rings is 1. The second kappa shape index (κ2) is 8.50. The van der Waals surface area contributed by atoms with Crippen LogP contribution in [0.2, 0.25) is 0 Å². The van der Waals surface area contributed by atoms with Crippen molar-refractivity contribution in [1.29, 1.82) is 0 Å². The molecule has 0 bridgehead atoms. The molecule has 5 aromatic rings. The van der Waals surface area contributed by atoms with Crippen molar-refractivity contribution in [2.75, 3.05) is 0 Å². The van der Waals surface area contributed by atoms with Gasteiger partial charge in [0.2, 0.25) is 0 Å². The number of ether oxygens (including phenoxy) is 1. The van der Waals surface area contributed by atoms with Crippen LogP contribution in [-0.2, 0) is 6.18 Å². The number of nitrogens with zero attached hydrogens (tertiary/aromatic N) is 4. The highest BCUT2D eigenvalue weighted by atomic mass is 19.4. The van der Waals surface area contributed by atoms with Gasteiger partial charge in [-0.2, -0.15) is 23.3 Å². The molecule has 3 aromatic heterocycles. The van der Waals surface area contributed by atoms with E-state index in [9.17, 15) is 17.6 Å². The Labute approximate surface area is 197 Å². The molecule has 0 aliphatic rings. The molecule has 0 amide bonds. The lowest BCUT2D eigenvalue weighted by molar-refractivity contribution is -0.137. The molecule has 3 heterocycles. The molecule has 0 spiro atoms. The van der Waals surface area contributed by atoms with E-state index in [1.165, 1.54) is 36.5 Å². The first kappa shape index (κ1) is 22.5. The molecule has 0 saturated heterocycles. The van der Waals surface area contributed by atoms with Crippen molar-refractivity contribution >= 4 is 5.52 Å². The molecule has 5 nitrogen and oxygen atoms in total. The number of aromatic nitrogens is 4. The third-order valence-corrected chi connectivity index (χ3v) is 5.51. The number of halogens is 4. The Morgan fingerprint density at radius 3 is 2.43 bits per heavy atom. The van der Waals surface area contributed by atoms with Gasteiger partial charge < -0.3 is 4.74 Å². The second-order valence-electron chi connectivity index (χ2n) is 8.07. The molecule has 0 aliphatic carbocycles. The van der Waals surface area contributed by atoms with Crippen LogP contribution >= 0.6 is 0 Å². The zero-order valence-electron chi connectivity index (χ0n) is 18.6. The zero-order valence-corrected chi connectivity index (χ0v) is 18.6. The Morgan fingerprint density at radius 1 is 0.914 bits per heavy atom. The average molecular weight is 478 g/mol. The number of hydrogen-bond donors (Lipinski definition) is 0. The Morgan fingerprint density at radius 2 is 1.69 bits per heavy atom. The molecule has 176 valence electrons. The van der Waals surface area contributed by atoms with Crippen molar-refractivity contribution in [2.45, 2.75) is 20.0 Å². The van der Waals surface area contributed by atoms with Gasteiger partial charge in [-0.15, -0.1) is 0 Å². The fourth-order valence-electron chi connectivity index (χ4n) is 3.72. The van der Waals surface area contributed by atoms with Crippen LogP contribution in [0.4, 0.5) is 17.6 Å². The van der Waals surface area contributed by atoms with Crippen LogP contribution in [0.1, 0.15) is 16.7 Å². The summed E-state index contributed by atoms with van der Waals surface area (Å²) in [7, 11) is 0. The van der Waals surface area contributed by atoms with Crippen molar-refractivity contribution in [3.63, 3.8) is 0 Å². The minimum atomic E-state index is -4.53. The minimum Gasteiger partial charge on any atom is -0.424 e. The van der Waals surface area contributed by atoms with Crippen LogP contribution in [0, 0.1) is 19.7 Å². The van der Waals surface area contributed by atoms with Gasteiger partial charge in [0.1, 0.15) is 17.3 Å². The Hall–Kier alpha value is -4.27. The second-order valence-corrected chi connectivity index (χ2v) is 8.07. The Balaban J connectivity index is 1.67. The summed E-state index contributed by atoms with van der Waals surface area (Å²) in [5, 5.41) is 4.40. The van der Waals surface area contributed by atoms with Gasteiger partial charge in [0.15, 0.2) is 0 Å². The SMILES string of the molecule is Cc1ccc(C)c(Oc2nccc(-c3c(-c4ccc(F)cc4)nn4cc(C(F)(F)F)ccc34)n2)c1. The van der Waals surface area contributed by atoms with Gasteiger partial charge in [0.25, 0.3) is 0 Å². The van der Waals surface area contributed by atoms with Gasteiger partial charge >= 0.3 is 12.2 Å². The van der Waals surface area contributed by atoms with Gasteiger partial charge in [-0.05, 0) is 73.5 Å². The monoisotopic (exact) mass is 478 g/mol. The van der Waals surface area contributed by atoms with Crippen molar-refractivity contribution < 1.29 is 22.3 Å². The van der Waals surface area contributed by atoms with Gasteiger partial charge in [0.05, 0.1) is 22.3 Å². The highest BCUT2D eigenvalue weighted by Gasteiger charge is 2.31. The van der Waals surface area contributed by atoms with Crippen LogP contribution in [0.15, 0.2) is 73.1 Å². The standard InChI is InChI=1S/C26H18F4N4O/c1-15-3-4-16(2)22(13-15)35-25-31-12-11-20(32-25)23-21-10-7-18(26(28,29)30)14-34(21)33-24(23)17-5-8-19(27)9-6-17/h3-14H,1-2H3. The zero-order chi connectivity index (χ0) is 24.7. The summed E-state index contributed by atoms with van der Waals surface area (Å²) in [6, 6.07) is 15.3. The van der Waals surface area contributed by atoms with Crippen LogP contribution in [0.25, 0.3) is 28.0 Å². The fraction of sp³-hybridized carbons (Fsp3) is 0.115. The number of alkyl halides is 3. The topological polar surface area (TPSA) is 52.3 Å². The highest BCUT2D eigenvalue weighted by Crippen LogP contribution is 2.37. The molecule has 35 heavy (non-hydrogen) atoms. The number of hydrogen-bond acceptors (Lipinski definition) is 4. The molecular formula is C26H18F4N4O. The highest BCUT2D eigenvalue weighted by molar-refractivity contribution is 5.90. The molecule has 9 heteroatoms. The largest absolute Gasteiger partial charge is 0.424 e. The van der Waals surface area contributed by atoms with Gasteiger partial charge in [-0.3, -0.25) is 0 Å². The summed E-state index contributed by atoms with van der Waals surface area (Å²) < 4.78 is 60.6. The maximum Gasteiger partial charge on any atom is 0.417 e. The van der Waals surface area contributed by atoms with Crippen LogP contribution in [0.3, 0.4) is 0 Å². The van der Waals surface area contributed by atoms with Gasteiger partial charge in [-0.25, -0.2) is 13.9 Å². The van der Waals surface area contributed by atoms with E-state index >= 15 is 0 Å². The molecule has 0 radical (unpaired) electrons. The number of fused-ring (bicyclic) bond motifs is 1. The van der Waals surface area contributed by atoms with E-state index in [0.29, 0.717) is 33.8 Å². The predicted molar refractivity (Wildman–Crippen MR) is 123 cm³/mol. The first-order valence-corrected chi connectivity index (χ1v) is 10.6. The summed E-state index contributed by atoms with van der Waals surface area (Å²) in [4.78, 5) is 8.72.